The number of primary amides is 1. The second-order valence-electron chi connectivity index (χ2n) is 3.16. The minimum Gasteiger partial charge on any atom is -0.442 e. The molecule has 0 saturated carbocycles. The minimum atomic E-state index is -0.745. The van der Waals surface area contributed by atoms with E-state index in [0.717, 1.165) is 0 Å². The number of ether oxygens (including phenoxy) is 1. The van der Waals surface area contributed by atoms with Gasteiger partial charge >= 0.3 is 6.09 Å². The molecule has 3 heteroatoms. The summed E-state index contributed by atoms with van der Waals surface area (Å²) >= 11 is 0. The van der Waals surface area contributed by atoms with Gasteiger partial charge in [-0.15, -0.1) is 0 Å². The number of nitrogens with two attached hydrogens (primary N) is 1. The monoisotopic (exact) mass is 183 g/mol. The largest absolute Gasteiger partial charge is 0.442 e. The number of carbonyl (C=O) groups excluding carboxylic acids is 1. The number of rotatable bonds is 4. The number of hydrogen-bond acceptors (Lipinski definition) is 2. The zero-order valence-corrected chi connectivity index (χ0v) is 8.36. The predicted molar refractivity (Wildman–Crippen MR) is 53.2 cm³/mol. The lowest BCUT2D eigenvalue weighted by molar-refractivity contribution is 0.137. The van der Waals surface area contributed by atoms with Gasteiger partial charge in [0.1, 0.15) is 6.10 Å². The van der Waals surface area contributed by atoms with Crippen LogP contribution < -0.4 is 5.73 Å². The highest BCUT2D eigenvalue weighted by Crippen LogP contribution is 1.96. The molecule has 0 aliphatic heterocycles. The molecule has 0 saturated heterocycles. The summed E-state index contributed by atoms with van der Waals surface area (Å²) in [6.45, 7) is 5.94. The molecule has 0 aliphatic rings. The van der Waals surface area contributed by atoms with Crippen LogP contribution in [0.5, 0.6) is 0 Å². The third kappa shape index (κ3) is 8.66. The van der Waals surface area contributed by atoms with Gasteiger partial charge in [-0.05, 0) is 18.9 Å². The smallest absolute Gasteiger partial charge is 0.405 e. The summed E-state index contributed by atoms with van der Waals surface area (Å²) in [6, 6.07) is 0. The van der Waals surface area contributed by atoms with Gasteiger partial charge in [0.05, 0.1) is 0 Å². The molecule has 2 N–H and O–H groups in total. The number of amides is 1. The Morgan fingerprint density at radius 3 is 2.23 bits per heavy atom. The first-order valence-corrected chi connectivity index (χ1v) is 4.33. The molecular formula is C10H17NO2. The van der Waals surface area contributed by atoms with Gasteiger partial charge in [-0.1, -0.05) is 32.1 Å². The zero-order chi connectivity index (χ0) is 10.3. The summed E-state index contributed by atoms with van der Waals surface area (Å²) < 4.78 is 4.68. The van der Waals surface area contributed by atoms with E-state index in [1.165, 1.54) is 0 Å². The molecule has 0 radical (unpaired) electrons. The van der Waals surface area contributed by atoms with Crippen LogP contribution in [-0.2, 0) is 4.74 Å². The highest BCUT2D eigenvalue weighted by molar-refractivity contribution is 5.64. The Labute approximate surface area is 79.3 Å². The topological polar surface area (TPSA) is 52.3 Å². The second-order valence-corrected chi connectivity index (χ2v) is 3.16. The third-order valence-corrected chi connectivity index (χ3v) is 1.29. The van der Waals surface area contributed by atoms with E-state index in [-0.39, 0.29) is 6.10 Å². The van der Waals surface area contributed by atoms with Crippen molar-refractivity contribution >= 4 is 6.09 Å². The summed E-state index contributed by atoms with van der Waals surface area (Å²) in [6.07, 6.45) is 6.57. The molecule has 74 valence electrons. The molecule has 0 heterocycles. The van der Waals surface area contributed by atoms with Crippen LogP contribution in [0, 0.1) is 5.92 Å². The quantitative estimate of drug-likeness (QED) is 0.679. The Hall–Kier alpha value is -1.25. The fraction of sp³-hybridized carbons (Fsp3) is 0.500. The SMILES string of the molecule is CC(C)C=CC=CC(C)OC(N)=O. The highest BCUT2D eigenvalue weighted by atomic mass is 16.6. The Morgan fingerprint density at radius 1 is 1.23 bits per heavy atom. The standard InChI is InChI=1S/C10H17NO2/c1-8(2)6-4-5-7-9(3)13-10(11)12/h4-9H,1-3H3,(H2,11,12). The van der Waals surface area contributed by atoms with E-state index in [2.05, 4.69) is 18.6 Å². The normalized spacial score (nSPS) is 14.2. The van der Waals surface area contributed by atoms with Gasteiger partial charge in [-0.2, -0.15) is 0 Å². The van der Waals surface area contributed by atoms with Crippen molar-refractivity contribution in [1.29, 1.82) is 0 Å². The lowest BCUT2D eigenvalue weighted by atomic mass is 10.2. The first-order valence-electron chi connectivity index (χ1n) is 4.33. The molecule has 0 rings (SSSR count). The molecule has 0 aromatic carbocycles. The highest BCUT2D eigenvalue weighted by Gasteiger charge is 1.98. The van der Waals surface area contributed by atoms with Gasteiger partial charge in [0.25, 0.3) is 0 Å². The molecule has 13 heavy (non-hydrogen) atoms. The van der Waals surface area contributed by atoms with Crippen LogP contribution >= 0.6 is 0 Å². The molecule has 0 fully saturated rings. The summed E-state index contributed by atoms with van der Waals surface area (Å²) in [4.78, 5) is 10.3. The second kappa shape index (κ2) is 6.29. The van der Waals surface area contributed by atoms with Crippen molar-refractivity contribution in [2.45, 2.75) is 26.9 Å². The van der Waals surface area contributed by atoms with Crippen LogP contribution in [0.1, 0.15) is 20.8 Å². The maximum atomic E-state index is 10.3. The average Bonchev–Trinajstić information content (AvgIpc) is 1.96. The fourth-order valence-corrected chi connectivity index (χ4v) is 0.729. The van der Waals surface area contributed by atoms with Crippen LogP contribution in [0.4, 0.5) is 4.79 Å². The molecule has 0 aromatic heterocycles. The molecule has 1 atom stereocenters. The maximum Gasteiger partial charge on any atom is 0.405 e. The van der Waals surface area contributed by atoms with Gasteiger partial charge in [0.2, 0.25) is 0 Å². The third-order valence-electron chi connectivity index (χ3n) is 1.29. The average molecular weight is 183 g/mol. The predicted octanol–water partition coefficient (Wildman–Crippen LogP) is 2.24. The van der Waals surface area contributed by atoms with Crippen molar-refractivity contribution in [3.05, 3.63) is 24.3 Å². The summed E-state index contributed by atoms with van der Waals surface area (Å²) in [7, 11) is 0. The summed E-state index contributed by atoms with van der Waals surface area (Å²) in [5.74, 6) is 0.525. The van der Waals surface area contributed by atoms with E-state index in [1.807, 2.05) is 18.2 Å². The van der Waals surface area contributed by atoms with Gasteiger partial charge in [0.15, 0.2) is 0 Å². The Morgan fingerprint density at radius 2 is 1.77 bits per heavy atom. The zero-order valence-electron chi connectivity index (χ0n) is 8.36. The van der Waals surface area contributed by atoms with E-state index >= 15 is 0 Å². The Balaban J connectivity index is 3.77. The maximum absolute atomic E-state index is 10.3. The summed E-state index contributed by atoms with van der Waals surface area (Å²) in [5, 5.41) is 0. The molecule has 0 aromatic rings. The van der Waals surface area contributed by atoms with Crippen LogP contribution in [0.2, 0.25) is 0 Å². The van der Waals surface area contributed by atoms with E-state index in [1.54, 1.807) is 13.0 Å². The van der Waals surface area contributed by atoms with Gasteiger partial charge in [-0.3, -0.25) is 0 Å². The Bertz CT molecular complexity index is 207. The van der Waals surface area contributed by atoms with Gasteiger partial charge in [0, 0.05) is 0 Å². The first kappa shape index (κ1) is 11.8. The van der Waals surface area contributed by atoms with Gasteiger partial charge in [-0.25, -0.2) is 4.79 Å². The molecular weight excluding hydrogens is 166 g/mol. The lowest BCUT2D eigenvalue weighted by Gasteiger charge is -2.04. The van der Waals surface area contributed by atoms with Crippen LogP contribution in [0.25, 0.3) is 0 Å². The van der Waals surface area contributed by atoms with Crippen molar-refractivity contribution in [2.75, 3.05) is 0 Å². The number of carbonyl (C=O) groups is 1. The van der Waals surface area contributed by atoms with Crippen molar-refractivity contribution in [3.63, 3.8) is 0 Å². The molecule has 0 spiro atoms. The van der Waals surface area contributed by atoms with Crippen molar-refractivity contribution in [1.82, 2.24) is 0 Å². The lowest BCUT2D eigenvalue weighted by Crippen LogP contribution is -2.18. The van der Waals surface area contributed by atoms with E-state index in [4.69, 9.17) is 5.73 Å². The number of allylic oxidation sites excluding steroid dienone is 3. The van der Waals surface area contributed by atoms with E-state index in [9.17, 15) is 4.79 Å². The molecule has 1 unspecified atom stereocenters. The first-order chi connectivity index (χ1) is 6.02. The van der Waals surface area contributed by atoms with E-state index in [0.29, 0.717) is 5.92 Å². The minimum absolute atomic E-state index is 0.269. The van der Waals surface area contributed by atoms with Crippen LogP contribution in [-0.4, -0.2) is 12.2 Å². The Kier molecular flexibility index (Phi) is 5.68. The molecule has 0 bridgehead atoms. The van der Waals surface area contributed by atoms with Crippen LogP contribution in [0.15, 0.2) is 24.3 Å². The van der Waals surface area contributed by atoms with Crippen molar-refractivity contribution < 1.29 is 9.53 Å². The molecule has 0 aliphatic carbocycles. The van der Waals surface area contributed by atoms with Crippen molar-refractivity contribution in [2.24, 2.45) is 11.7 Å². The van der Waals surface area contributed by atoms with Gasteiger partial charge < -0.3 is 10.5 Å². The summed E-state index contributed by atoms with van der Waals surface area (Å²) in [5.41, 5.74) is 4.83. The van der Waals surface area contributed by atoms with E-state index < -0.39 is 6.09 Å². The fourth-order valence-electron chi connectivity index (χ4n) is 0.729. The number of hydrogen-bond donors (Lipinski definition) is 1. The molecule has 1 amide bonds. The van der Waals surface area contributed by atoms with Crippen LogP contribution in [0.3, 0.4) is 0 Å². The molecule has 3 nitrogen and oxygen atoms in total. The van der Waals surface area contributed by atoms with Crippen molar-refractivity contribution in [3.8, 4) is 0 Å².